The minimum absolute atomic E-state index is 0.311. The minimum atomic E-state index is 0.311. The van der Waals surface area contributed by atoms with Crippen molar-refractivity contribution < 1.29 is 4.79 Å². The van der Waals surface area contributed by atoms with Gasteiger partial charge in [0.15, 0.2) is 0 Å². The molecule has 1 atom stereocenters. The Morgan fingerprint density at radius 2 is 2.14 bits per heavy atom. The summed E-state index contributed by atoms with van der Waals surface area (Å²) >= 11 is 0. The SMILES string of the molecule is O=C1Cc2ccccc2C2CCCN12. The normalized spacial score (nSPS) is 24.7. The summed E-state index contributed by atoms with van der Waals surface area (Å²) in [6.07, 6.45) is 2.90. The summed E-state index contributed by atoms with van der Waals surface area (Å²) in [5.41, 5.74) is 2.62. The van der Waals surface area contributed by atoms with Crippen LogP contribution in [0.4, 0.5) is 0 Å². The van der Waals surface area contributed by atoms with Gasteiger partial charge in [-0.2, -0.15) is 0 Å². The van der Waals surface area contributed by atoms with Gasteiger partial charge in [0.2, 0.25) is 5.91 Å². The second kappa shape index (κ2) is 2.84. The lowest BCUT2D eigenvalue weighted by molar-refractivity contribution is -0.132. The Labute approximate surface area is 83.5 Å². The molecule has 2 aliphatic heterocycles. The Hall–Kier alpha value is -1.31. The zero-order valence-corrected chi connectivity index (χ0v) is 8.07. The van der Waals surface area contributed by atoms with Crippen LogP contribution in [0, 0.1) is 0 Å². The van der Waals surface area contributed by atoms with Crippen LogP contribution in [0.15, 0.2) is 24.3 Å². The van der Waals surface area contributed by atoms with Crippen LogP contribution >= 0.6 is 0 Å². The topological polar surface area (TPSA) is 20.3 Å². The van der Waals surface area contributed by atoms with Crippen molar-refractivity contribution in [2.45, 2.75) is 25.3 Å². The van der Waals surface area contributed by atoms with Crippen molar-refractivity contribution >= 4 is 5.91 Å². The quantitative estimate of drug-likeness (QED) is 0.607. The van der Waals surface area contributed by atoms with E-state index in [4.69, 9.17) is 0 Å². The standard InChI is InChI=1S/C12H13NO/c14-12-8-9-4-1-2-5-10(9)11-6-3-7-13(11)12/h1-2,4-5,11H,3,6-8H2. The highest BCUT2D eigenvalue weighted by molar-refractivity contribution is 5.82. The summed E-state index contributed by atoms with van der Waals surface area (Å²) in [7, 11) is 0. The lowest BCUT2D eigenvalue weighted by Crippen LogP contribution is -2.36. The molecule has 14 heavy (non-hydrogen) atoms. The maximum Gasteiger partial charge on any atom is 0.227 e. The van der Waals surface area contributed by atoms with Crippen molar-refractivity contribution in [3.8, 4) is 0 Å². The second-order valence-electron chi connectivity index (χ2n) is 4.12. The highest BCUT2D eigenvalue weighted by atomic mass is 16.2. The molecule has 0 N–H and O–H groups in total. The molecule has 1 saturated heterocycles. The van der Waals surface area contributed by atoms with Gasteiger partial charge < -0.3 is 4.90 Å². The first-order chi connectivity index (χ1) is 6.86. The molecule has 0 aliphatic carbocycles. The predicted molar refractivity (Wildman–Crippen MR) is 53.8 cm³/mol. The molecule has 72 valence electrons. The first-order valence-corrected chi connectivity index (χ1v) is 5.23. The Morgan fingerprint density at radius 3 is 3.07 bits per heavy atom. The Kier molecular flexibility index (Phi) is 1.63. The highest BCUT2D eigenvalue weighted by Crippen LogP contribution is 2.37. The molecule has 2 nitrogen and oxygen atoms in total. The van der Waals surface area contributed by atoms with E-state index in [1.54, 1.807) is 0 Å². The molecule has 3 rings (SSSR count). The van der Waals surface area contributed by atoms with Crippen molar-refractivity contribution in [3.63, 3.8) is 0 Å². The van der Waals surface area contributed by atoms with Gasteiger partial charge in [-0.3, -0.25) is 4.79 Å². The molecule has 1 aromatic rings. The molecule has 1 fully saturated rings. The third-order valence-electron chi connectivity index (χ3n) is 3.33. The van der Waals surface area contributed by atoms with Crippen LogP contribution in [-0.4, -0.2) is 17.4 Å². The van der Waals surface area contributed by atoms with Crippen LogP contribution < -0.4 is 0 Å². The zero-order chi connectivity index (χ0) is 9.54. The fourth-order valence-electron chi connectivity index (χ4n) is 2.67. The van der Waals surface area contributed by atoms with Crippen LogP contribution in [-0.2, 0) is 11.2 Å². The van der Waals surface area contributed by atoms with Crippen LogP contribution in [0.2, 0.25) is 0 Å². The molecular formula is C12H13NO. The van der Waals surface area contributed by atoms with Gasteiger partial charge in [0, 0.05) is 6.54 Å². The smallest absolute Gasteiger partial charge is 0.227 e. The third kappa shape index (κ3) is 0.999. The largest absolute Gasteiger partial charge is 0.335 e. The molecule has 1 unspecified atom stereocenters. The first-order valence-electron chi connectivity index (χ1n) is 5.23. The van der Waals surface area contributed by atoms with Gasteiger partial charge in [-0.1, -0.05) is 24.3 Å². The Morgan fingerprint density at radius 1 is 1.29 bits per heavy atom. The van der Waals surface area contributed by atoms with Crippen LogP contribution in [0.25, 0.3) is 0 Å². The van der Waals surface area contributed by atoms with E-state index in [0.717, 1.165) is 19.4 Å². The van der Waals surface area contributed by atoms with E-state index in [-0.39, 0.29) is 0 Å². The second-order valence-corrected chi connectivity index (χ2v) is 4.12. The van der Waals surface area contributed by atoms with E-state index in [9.17, 15) is 4.79 Å². The van der Waals surface area contributed by atoms with Crippen molar-refractivity contribution in [3.05, 3.63) is 35.4 Å². The summed E-state index contributed by atoms with van der Waals surface area (Å²) in [5, 5.41) is 0. The van der Waals surface area contributed by atoms with Gasteiger partial charge in [0.05, 0.1) is 12.5 Å². The number of carbonyl (C=O) groups excluding carboxylic acids is 1. The molecule has 0 spiro atoms. The monoisotopic (exact) mass is 187 g/mol. The van der Waals surface area contributed by atoms with Crippen molar-refractivity contribution in [2.24, 2.45) is 0 Å². The van der Waals surface area contributed by atoms with Gasteiger partial charge in [0.1, 0.15) is 0 Å². The number of hydrogen-bond acceptors (Lipinski definition) is 1. The lowest BCUT2D eigenvalue weighted by atomic mass is 9.93. The van der Waals surface area contributed by atoms with E-state index >= 15 is 0 Å². The van der Waals surface area contributed by atoms with Crippen molar-refractivity contribution in [2.75, 3.05) is 6.54 Å². The van der Waals surface area contributed by atoms with Crippen LogP contribution in [0.3, 0.4) is 0 Å². The summed E-state index contributed by atoms with van der Waals surface area (Å²) in [5.74, 6) is 0.311. The van der Waals surface area contributed by atoms with Crippen LogP contribution in [0.5, 0.6) is 0 Å². The fourth-order valence-corrected chi connectivity index (χ4v) is 2.67. The van der Waals surface area contributed by atoms with Gasteiger partial charge in [0.25, 0.3) is 0 Å². The number of carbonyl (C=O) groups is 1. The molecule has 2 heteroatoms. The summed E-state index contributed by atoms with van der Waals surface area (Å²) in [6.45, 7) is 0.956. The van der Waals surface area contributed by atoms with Gasteiger partial charge in [-0.25, -0.2) is 0 Å². The van der Waals surface area contributed by atoms with E-state index in [1.807, 2.05) is 11.0 Å². The van der Waals surface area contributed by atoms with Crippen LogP contribution in [0.1, 0.15) is 30.0 Å². The highest BCUT2D eigenvalue weighted by Gasteiger charge is 2.34. The lowest BCUT2D eigenvalue weighted by Gasteiger charge is -2.31. The van der Waals surface area contributed by atoms with E-state index < -0.39 is 0 Å². The van der Waals surface area contributed by atoms with E-state index in [0.29, 0.717) is 18.4 Å². The minimum Gasteiger partial charge on any atom is -0.335 e. The van der Waals surface area contributed by atoms with Gasteiger partial charge in [-0.05, 0) is 24.0 Å². The molecule has 1 amide bonds. The third-order valence-corrected chi connectivity index (χ3v) is 3.33. The number of fused-ring (bicyclic) bond motifs is 3. The maximum absolute atomic E-state index is 11.8. The average molecular weight is 187 g/mol. The molecule has 2 heterocycles. The fraction of sp³-hybridized carbons (Fsp3) is 0.417. The first kappa shape index (κ1) is 8.04. The molecule has 0 aromatic heterocycles. The van der Waals surface area contributed by atoms with Crippen molar-refractivity contribution in [1.82, 2.24) is 4.90 Å². The molecule has 0 saturated carbocycles. The summed E-state index contributed by atoms with van der Waals surface area (Å²) in [4.78, 5) is 13.8. The zero-order valence-electron chi connectivity index (χ0n) is 8.07. The van der Waals surface area contributed by atoms with E-state index in [1.165, 1.54) is 11.1 Å². The maximum atomic E-state index is 11.8. The Bertz CT molecular complexity index is 386. The number of rotatable bonds is 0. The molecular weight excluding hydrogens is 174 g/mol. The van der Waals surface area contributed by atoms with Gasteiger partial charge in [-0.15, -0.1) is 0 Å². The van der Waals surface area contributed by atoms with E-state index in [2.05, 4.69) is 18.2 Å². The number of hydrogen-bond donors (Lipinski definition) is 0. The van der Waals surface area contributed by atoms with Gasteiger partial charge >= 0.3 is 0 Å². The molecule has 1 aromatic carbocycles. The predicted octanol–water partition coefficient (Wildman–Crippen LogP) is 1.91. The Balaban J connectivity index is 2.11. The number of benzene rings is 1. The molecule has 0 radical (unpaired) electrons. The summed E-state index contributed by atoms with van der Waals surface area (Å²) < 4.78 is 0. The average Bonchev–Trinajstić information content (AvgIpc) is 2.67. The molecule has 2 aliphatic rings. The number of nitrogens with zero attached hydrogens (tertiary/aromatic N) is 1. The number of amides is 1. The van der Waals surface area contributed by atoms with Crippen molar-refractivity contribution in [1.29, 1.82) is 0 Å². The summed E-state index contributed by atoms with van der Waals surface area (Å²) in [6, 6.07) is 8.74. The molecule has 0 bridgehead atoms.